The molecule has 0 saturated heterocycles. The van der Waals surface area contributed by atoms with Gasteiger partial charge in [0, 0.05) is 11.9 Å². The first-order valence-electron chi connectivity index (χ1n) is 7.37. The molecule has 5 nitrogen and oxygen atoms in total. The minimum Gasteiger partial charge on any atom is -0.465 e. The number of benzene rings is 1. The maximum Gasteiger partial charge on any atom is 0.343 e. The van der Waals surface area contributed by atoms with E-state index < -0.39 is 5.97 Å². The Hall–Kier alpha value is -2.43. The van der Waals surface area contributed by atoms with Crippen LogP contribution in [0, 0.1) is 0 Å². The molecule has 1 aliphatic carbocycles. The Balaban J connectivity index is 2.27. The highest BCUT2D eigenvalue weighted by molar-refractivity contribution is 5.93. The van der Waals surface area contributed by atoms with Crippen molar-refractivity contribution in [1.29, 1.82) is 0 Å². The molecule has 0 heterocycles. The van der Waals surface area contributed by atoms with E-state index in [1.807, 2.05) is 25.1 Å². The Labute approximate surface area is 130 Å². The van der Waals surface area contributed by atoms with Crippen LogP contribution in [0.1, 0.15) is 37.7 Å². The van der Waals surface area contributed by atoms with Crippen molar-refractivity contribution in [2.45, 2.75) is 32.1 Å². The lowest BCUT2D eigenvalue weighted by atomic mass is 10.1. The average molecular weight is 302 g/mol. The van der Waals surface area contributed by atoms with Crippen LogP contribution in [0.4, 0.5) is 0 Å². The topological polar surface area (TPSA) is 87.6 Å². The molecule has 0 spiro atoms. The molecule has 1 aliphatic rings. The highest BCUT2D eigenvalue weighted by Gasteiger charge is 2.24. The van der Waals surface area contributed by atoms with Gasteiger partial charge >= 0.3 is 5.97 Å². The van der Waals surface area contributed by atoms with Crippen LogP contribution in [0.15, 0.2) is 47.5 Å². The van der Waals surface area contributed by atoms with Gasteiger partial charge in [-0.2, -0.15) is 0 Å². The van der Waals surface area contributed by atoms with Gasteiger partial charge in [-0.05, 0) is 42.9 Å². The Morgan fingerprint density at radius 2 is 2.14 bits per heavy atom. The van der Waals surface area contributed by atoms with Crippen LogP contribution in [-0.2, 0) is 9.53 Å². The maximum absolute atomic E-state index is 12.0. The predicted molar refractivity (Wildman–Crippen MR) is 84.8 cm³/mol. The minimum atomic E-state index is -0.561. The van der Waals surface area contributed by atoms with Gasteiger partial charge in [0.1, 0.15) is 11.3 Å². The van der Waals surface area contributed by atoms with Gasteiger partial charge < -0.3 is 20.9 Å². The highest BCUT2D eigenvalue weighted by Crippen LogP contribution is 2.41. The lowest BCUT2D eigenvalue weighted by Crippen LogP contribution is -2.18. The second-order valence-corrected chi connectivity index (χ2v) is 5.23. The molecule has 4 N–H and O–H groups in total. The summed E-state index contributed by atoms with van der Waals surface area (Å²) in [6.45, 7) is 1.85. The molecular weight excluding hydrogens is 280 g/mol. The summed E-state index contributed by atoms with van der Waals surface area (Å²) in [6, 6.07) is 7.81. The molecule has 1 aromatic rings. The summed E-state index contributed by atoms with van der Waals surface area (Å²) in [5.41, 5.74) is 13.3. The quantitative estimate of drug-likeness (QED) is 0.365. The predicted octanol–water partition coefficient (Wildman–Crippen LogP) is 2.54. The van der Waals surface area contributed by atoms with Crippen molar-refractivity contribution in [1.82, 2.24) is 0 Å². The van der Waals surface area contributed by atoms with Gasteiger partial charge in [0.2, 0.25) is 0 Å². The van der Waals surface area contributed by atoms with Crippen molar-refractivity contribution in [3.63, 3.8) is 0 Å². The fourth-order valence-electron chi connectivity index (χ4n) is 2.21. The van der Waals surface area contributed by atoms with E-state index in [9.17, 15) is 4.79 Å². The van der Waals surface area contributed by atoms with Gasteiger partial charge in [-0.25, -0.2) is 4.79 Å². The molecule has 0 atom stereocenters. The first-order chi connectivity index (χ1) is 10.6. The van der Waals surface area contributed by atoms with E-state index in [2.05, 4.69) is 6.07 Å². The van der Waals surface area contributed by atoms with E-state index in [0.717, 1.165) is 0 Å². The number of nitrogens with two attached hydrogens (primary N) is 2. The maximum atomic E-state index is 12.0. The van der Waals surface area contributed by atoms with Gasteiger partial charge in [-0.15, -0.1) is 0 Å². The van der Waals surface area contributed by atoms with Crippen LogP contribution in [0.25, 0.3) is 0 Å². The first kappa shape index (κ1) is 15.9. The summed E-state index contributed by atoms with van der Waals surface area (Å²) < 4.78 is 10.6. The van der Waals surface area contributed by atoms with E-state index in [1.54, 1.807) is 0 Å². The molecule has 0 bridgehead atoms. The van der Waals surface area contributed by atoms with Crippen LogP contribution < -0.4 is 16.2 Å². The minimum absolute atomic E-state index is 0.171. The summed E-state index contributed by atoms with van der Waals surface area (Å²) in [5, 5.41) is 0. The molecule has 22 heavy (non-hydrogen) atoms. The average Bonchev–Trinajstić information content (AvgIpc) is 3.38. The number of ether oxygens (including phenoxy) is 2. The Morgan fingerprint density at radius 3 is 2.68 bits per heavy atom. The molecule has 0 aromatic heterocycles. The molecular formula is C17H22N2O3. The van der Waals surface area contributed by atoms with Crippen LogP contribution in [0.5, 0.6) is 5.75 Å². The van der Waals surface area contributed by atoms with Crippen LogP contribution >= 0.6 is 0 Å². The van der Waals surface area contributed by atoms with Gasteiger partial charge in [0.25, 0.3) is 0 Å². The summed E-state index contributed by atoms with van der Waals surface area (Å²) in [7, 11) is 1.30. The van der Waals surface area contributed by atoms with Crippen molar-refractivity contribution in [2.24, 2.45) is 11.5 Å². The van der Waals surface area contributed by atoms with Crippen molar-refractivity contribution < 1.29 is 14.3 Å². The molecule has 0 amide bonds. The van der Waals surface area contributed by atoms with E-state index in [-0.39, 0.29) is 11.3 Å². The van der Waals surface area contributed by atoms with E-state index in [0.29, 0.717) is 23.8 Å². The van der Waals surface area contributed by atoms with Crippen molar-refractivity contribution in [2.75, 3.05) is 7.11 Å². The monoisotopic (exact) mass is 302 g/mol. The smallest absolute Gasteiger partial charge is 0.343 e. The summed E-state index contributed by atoms with van der Waals surface area (Å²) in [4.78, 5) is 12.0. The second-order valence-electron chi connectivity index (χ2n) is 5.23. The van der Waals surface area contributed by atoms with Gasteiger partial charge in [0.05, 0.1) is 7.11 Å². The first-order valence-corrected chi connectivity index (χ1v) is 7.37. The van der Waals surface area contributed by atoms with Crippen molar-refractivity contribution in [3.05, 3.63) is 53.1 Å². The van der Waals surface area contributed by atoms with Crippen LogP contribution in [-0.4, -0.2) is 13.1 Å². The number of hydrogen-bond donors (Lipinski definition) is 2. The Kier molecular flexibility index (Phi) is 5.09. The molecule has 1 saturated carbocycles. The molecule has 1 aromatic carbocycles. The standard InChI is InChI=1S/C17H22N2O3/c1-3-14(19)16(17(20)21-2)15(10-18)22-13-6-4-5-12(9-13)11-7-8-11/h4-6,9-11H,3,7-8,18-19H2,1-2H3/b15-10+,16-14+. The summed E-state index contributed by atoms with van der Waals surface area (Å²) in [6.07, 6.45) is 4.14. The second kappa shape index (κ2) is 7.02. The number of esters is 1. The zero-order valence-electron chi connectivity index (χ0n) is 13.0. The molecule has 5 heteroatoms. The van der Waals surface area contributed by atoms with Crippen molar-refractivity contribution in [3.8, 4) is 5.75 Å². The number of allylic oxidation sites excluding steroid dienone is 1. The number of carbonyl (C=O) groups is 1. The summed E-state index contributed by atoms with van der Waals surface area (Å²) >= 11 is 0. The molecule has 0 unspecified atom stereocenters. The van der Waals surface area contributed by atoms with Gasteiger partial charge in [-0.3, -0.25) is 0 Å². The third-order valence-electron chi connectivity index (χ3n) is 3.62. The molecule has 118 valence electrons. The molecule has 0 aliphatic heterocycles. The number of methoxy groups -OCH3 is 1. The normalized spacial score (nSPS) is 16.0. The molecule has 1 fully saturated rings. The fraction of sp³-hybridized carbons (Fsp3) is 0.353. The molecule has 2 rings (SSSR count). The fourth-order valence-corrected chi connectivity index (χ4v) is 2.21. The molecule has 0 radical (unpaired) electrons. The van der Waals surface area contributed by atoms with E-state index >= 15 is 0 Å². The third-order valence-corrected chi connectivity index (χ3v) is 3.62. The zero-order valence-corrected chi connectivity index (χ0v) is 13.0. The van der Waals surface area contributed by atoms with Crippen molar-refractivity contribution >= 4 is 5.97 Å². The number of rotatable bonds is 6. The van der Waals surface area contributed by atoms with Crippen LogP contribution in [0.3, 0.4) is 0 Å². The SMILES string of the molecule is CC/C(N)=C(C(=O)OC)/C(=C\N)Oc1cccc(C2CC2)c1. The number of carbonyl (C=O) groups excluding carboxylic acids is 1. The zero-order chi connectivity index (χ0) is 16.1. The van der Waals surface area contributed by atoms with Gasteiger partial charge in [-0.1, -0.05) is 19.1 Å². The Morgan fingerprint density at radius 1 is 1.41 bits per heavy atom. The van der Waals surface area contributed by atoms with E-state index in [4.69, 9.17) is 20.9 Å². The van der Waals surface area contributed by atoms with E-state index in [1.165, 1.54) is 31.7 Å². The lowest BCUT2D eigenvalue weighted by molar-refractivity contribution is -0.136. The third kappa shape index (κ3) is 3.61. The Bertz CT molecular complexity index is 616. The van der Waals surface area contributed by atoms with Crippen LogP contribution in [0.2, 0.25) is 0 Å². The number of hydrogen-bond acceptors (Lipinski definition) is 5. The van der Waals surface area contributed by atoms with Gasteiger partial charge in [0.15, 0.2) is 5.76 Å². The lowest BCUT2D eigenvalue weighted by Gasteiger charge is -2.14. The largest absolute Gasteiger partial charge is 0.465 e. The highest BCUT2D eigenvalue weighted by atomic mass is 16.5. The summed E-state index contributed by atoms with van der Waals surface area (Å²) in [5.74, 6) is 0.894.